The Bertz CT molecular complexity index is 849. The number of allylic oxidation sites excluding steroid dienone is 2. The van der Waals surface area contributed by atoms with Gasteiger partial charge in [0.2, 0.25) is 0 Å². The van der Waals surface area contributed by atoms with E-state index in [1.165, 1.54) is 0 Å². The van der Waals surface area contributed by atoms with E-state index in [9.17, 15) is 15.0 Å². The zero-order valence-corrected chi connectivity index (χ0v) is 19.8. The maximum Gasteiger partial charge on any atom is 0.307 e. The fraction of sp³-hybridized carbons (Fsp3) is 0.577. The standard InChI is InChI=1S/C26H38O4/c1-9-30-23(29)16-26(8,17-10-12-21(27)19(14-17)24(2,3)4)18-11-13-22(28)20(15-18)25(5,6)7/h10-12,14-15,22,27-28H,9,13,16H2,1-8H3. The lowest BCUT2D eigenvalue weighted by atomic mass is 9.67. The van der Waals surface area contributed by atoms with Gasteiger partial charge in [-0.25, -0.2) is 0 Å². The molecule has 0 radical (unpaired) electrons. The molecule has 0 saturated carbocycles. The minimum absolute atomic E-state index is 0.185. The molecule has 2 rings (SSSR count). The van der Waals surface area contributed by atoms with Gasteiger partial charge in [-0.2, -0.15) is 0 Å². The highest BCUT2D eigenvalue weighted by Gasteiger charge is 2.38. The van der Waals surface area contributed by atoms with Crippen LogP contribution < -0.4 is 0 Å². The Morgan fingerprint density at radius 2 is 1.73 bits per heavy atom. The second-order valence-electron chi connectivity index (χ2n) is 10.6. The number of carbonyl (C=O) groups is 1. The number of aliphatic hydroxyl groups is 1. The van der Waals surface area contributed by atoms with Crippen LogP contribution in [0.5, 0.6) is 5.75 Å². The van der Waals surface area contributed by atoms with Gasteiger partial charge in [0.25, 0.3) is 0 Å². The van der Waals surface area contributed by atoms with Crippen LogP contribution in [0.2, 0.25) is 0 Å². The van der Waals surface area contributed by atoms with Crippen molar-refractivity contribution in [1.82, 2.24) is 0 Å². The molecule has 1 aliphatic rings. The molecular weight excluding hydrogens is 376 g/mol. The number of aromatic hydroxyl groups is 1. The quantitative estimate of drug-likeness (QED) is 0.619. The molecule has 1 aliphatic carbocycles. The highest BCUT2D eigenvalue weighted by Crippen LogP contribution is 2.44. The topological polar surface area (TPSA) is 66.8 Å². The number of carbonyl (C=O) groups excluding carboxylic acids is 1. The normalized spacial score (nSPS) is 19.6. The van der Waals surface area contributed by atoms with E-state index in [1.807, 2.05) is 25.1 Å². The second-order valence-corrected chi connectivity index (χ2v) is 10.6. The Balaban J connectivity index is 2.66. The monoisotopic (exact) mass is 414 g/mol. The first kappa shape index (κ1) is 24.2. The zero-order chi connectivity index (χ0) is 22.9. The Morgan fingerprint density at radius 1 is 1.10 bits per heavy atom. The van der Waals surface area contributed by atoms with E-state index in [2.05, 4.69) is 47.6 Å². The molecule has 1 aromatic carbocycles. The molecule has 30 heavy (non-hydrogen) atoms. The van der Waals surface area contributed by atoms with Crippen LogP contribution in [-0.4, -0.2) is 28.9 Å². The van der Waals surface area contributed by atoms with Gasteiger partial charge in [-0.3, -0.25) is 4.79 Å². The number of aliphatic hydroxyl groups excluding tert-OH is 1. The summed E-state index contributed by atoms with van der Waals surface area (Å²) in [7, 11) is 0. The number of hydrogen-bond donors (Lipinski definition) is 2. The van der Waals surface area contributed by atoms with Crippen molar-refractivity contribution < 1.29 is 19.7 Å². The molecule has 166 valence electrons. The highest BCUT2D eigenvalue weighted by molar-refractivity contribution is 5.73. The molecule has 1 aromatic rings. The van der Waals surface area contributed by atoms with Gasteiger partial charge in [-0.1, -0.05) is 72.8 Å². The van der Waals surface area contributed by atoms with E-state index in [1.54, 1.807) is 13.0 Å². The van der Waals surface area contributed by atoms with Crippen LogP contribution >= 0.6 is 0 Å². The molecule has 0 fully saturated rings. The van der Waals surface area contributed by atoms with E-state index in [-0.39, 0.29) is 29.0 Å². The highest BCUT2D eigenvalue weighted by atomic mass is 16.5. The minimum Gasteiger partial charge on any atom is -0.508 e. The van der Waals surface area contributed by atoms with E-state index >= 15 is 0 Å². The summed E-state index contributed by atoms with van der Waals surface area (Å²) in [5, 5.41) is 21.0. The van der Waals surface area contributed by atoms with Gasteiger partial charge in [-0.15, -0.1) is 0 Å². The summed E-state index contributed by atoms with van der Waals surface area (Å²) in [6.45, 7) is 16.6. The predicted molar refractivity (Wildman–Crippen MR) is 122 cm³/mol. The van der Waals surface area contributed by atoms with E-state index in [4.69, 9.17) is 4.74 Å². The van der Waals surface area contributed by atoms with Gasteiger partial charge in [0.05, 0.1) is 19.1 Å². The summed E-state index contributed by atoms with van der Waals surface area (Å²) < 4.78 is 5.30. The average molecular weight is 415 g/mol. The first-order chi connectivity index (χ1) is 13.7. The number of phenolic OH excluding ortho intramolecular Hbond substituents is 1. The summed E-state index contributed by atoms with van der Waals surface area (Å²) in [5.41, 5.74) is 2.68. The van der Waals surface area contributed by atoms with Crippen LogP contribution in [0.1, 0.15) is 79.4 Å². The van der Waals surface area contributed by atoms with Crippen molar-refractivity contribution >= 4 is 5.97 Å². The summed E-state index contributed by atoms with van der Waals surface area (Å²) in [6, 6.07) is 5.61. The van der Waals surface area contributed by atoms with E-state index in [0.29, 0.717) is 13.0 Å². The Kier molecular flexibility index (Phi) is 6.92. The first-order valence-electron chi connectivity index (χ1n) is 10.8. The maximum absolute atomic E-state index is 12.6. The number of esters is 1. The van der Waals surface area contributed by atoms with Crippen LogP contribution in [0.25, 0.3) is 0 Å². The average Bonchev–Trinajstić information content (AvgIpc) is 2.60. The Morgan fingerprint density at radius 3 is 2.27 bits per heavy atom. The van der Waals surface area contributed by atoms with Crippen molar-refractivity contribution in [3.05, 3.63) is 52.6 Å². The molecule has 0 spiro atoms. The SMILES string of the molecule is CCOC(=O)CC(C)(C1=CCC(O)C(C(C)(C)C)=C1)c1ccc(O)c(C(C)(C)C)c1. The van der Waals surface area contributed by atoms with Crippen LogP contribution in [0.4, 0.5) is 0 Å². The van der Waals surface area contributed by atoms with Gasteiger partial charge >= 0.3 is 5.97 Å². The van der Waals surface area contributed by atoms with Crippen LogP contribution in [0.15, 0.2) is 41.5 Å². The molecule has 0 heterocycles. The number of hydrogen-bond acceptors (Lipinski definition) is 4. The van der Waals surface area contributed by atoms with Crippen LogP contribution in [0.3, 0.4) is 0 Å². The van der Waals surface area contributed by atoms with Gasteiger partial charge in [-0.05, 0) is 52.5 Å². The molecule has 0 aliphatic heterocycles. The third kappa shape index (κ3) is 5.15. The molecule has 2 unspecified atom stereocenters. The van der Waals surface area contributed by atoms with Crippen molar-refractivity contribution in [1.29, 1.82) is 0 Å². The Labute approximate surface area is 181 Å². The largest absolute Gasteiger partial charge is 0.508 e. The van der Waals surface area contributed by atoms with Crippen molar-refractivity contribution in [3.8, 4) is 5.75 Å². The molecule has 0 bridgehead atoms. The molecule has 0 saturated heterocycles. The van der Waals surface area contributed by atoms with Crippen molar-refractivity contribution in [2.75, 3.05) is 6.61 Å². The Hall–Kier alpha value is -2.07. The molecule has 4 heteroatoms. The number of rotatable bonds is 5. The van der Waals surface area contributed by atoms with Gasteiger partial charge in [0.15, 0.2) is 0 Å². The summed E-state index contributed by atoms with van der Waals surface area (Å²) in [5.74, 6) is -0.00758. The lowest BCUT2D eigenvalue weighted by molar-refractivity contribution is -0.144. The second kappa shape index (κ2) is 8.58. The van der Waals surface area contributed by atoms with Crippen molar-refractivity contribution in [2.24, 2.45) is 5.41 Å². The van der Waals surface area contributed by atoms with Gasteiger partial charge in [0.1, 0.15) is 5.75 Å². The fourth-order valence-corrected chi connectivity index (χ4v) is 4.14. The molecular formula is C26H38O4. The summed E-state index contributed by atoms with van der Waals surface area (Å²) >= 11 is 0. The first-order valence-corrected chi connectivity index (χ1v) is 10.8. The third-order valence-electron chi connectivity index (χ3n) is 5.98. The van der Waals surface area contributed by atoms with E-state index < -0.39 is 11.5 Å². The van der Waals surface area contributed by atoms with E-state index in [0.717, 1.165) is 22.3 Å². The van der Waals surface area contributed by atoms with Crippen molar-refractivity contribution in [2.45, 2.75) is 85.2 Å². The maximum atomic E-state index is 12.6. The zero-order valence-electron chi connectivity index (χ0n) is 19.8. The van der Waals surface area contributed by atoms with Gasteiger partial charge < -0.3 is 14.9 Å². The predicted octanol–water partition coefficient (Wildman–Crippen LogP) is 5.56. The third-order valence-corrected chi connectivity index (χ3v) is 5.98. The summed E-state index contributed by atoms with van der Waals surface area (Å²) in [6.07, 6.45) is 4.26. The minimum atomic E-state index is -0.642. The molecule has 2 atom stereocenters. The van der Waals surface area contributed by atoms with Crippen LogP contribution in [0, 0.1) is 5.41 Å². The number of phenols is 1. The van der Waals surface area contributed by atoms with Crippen molar-refractivity contribution in [3.63, 3.8) is 0 Å². The van der Waals surface area contributed by atoms with Gasteiger partial charge in [0, 0.05) is 5.41 Å². The number of ether oxygens (including phenoxy) is 1. The lowest BCUT2D eigenvalue weighted by Crippen LogP contribution is -2.33. The van der Waals surface area contributed by atoms with Crippen LogP contribution in [-0.2, 0) is 20.4 Å². The molecule has 2 N–H and O–H groups in total. The fourth-order valence-electron chi connectivity index (χ4n) is 4.14. The smallest absolute Gasteiger partial charge is 0.307 e. The lowest BCUT2D eigenvalue weighted by Gasteiger charge is -2.37. The summed E-state index contributed by atoms with van der Waals surface area (Å²) in [4.78, 5) is 12.6. The molecule has 4 nitrogen and oxygen atoms in total. The molecule has 0 aromatic heterocycles. The molecule has 0 amide bonds. The number of benzene rings is 1.